The molecule has 10 nitrogen and oxygen atoms in total. The van der Waals surface area contributed by atoms with Gasteiger partial charge in [-0.05, 0) is 44.0 Å². The summed E-state index contributed by atoms with van der Waals surface area (Å²) in [7, 11) is 0. The largest absolute Gasteiger partial charge is 0.386 e. The number of benzene rings is 1. The van der Waals surface area contributed by atoms with E-state index in [9.17, 15) is 9.59 Å². The Morgan fingerprint density at radius 2 is 2.03 bits per heavy atom. The Hall–Kier alpha value is -3.60. The number of hydrogen-bond donors (Lipinski definition) is 6. The molecule has 0 aliphatic heterocycles. The number of nitrogens with zero attached hydrogens (tertiary/aromatic N) is 3. The molecule has 2 aromatic heterocycles. The molecule has 0 saturated heterocycles. The number of fused-ring (bicyclic) bond motifs is 1. The van der Waals surface area contributed by atoms with Gasteiger partial charge in [-0.15, -0.1) is 0 Å². The van der Waals surface area contributed by atoms with Crippen molar-refractivity contribution in [3.63, 3.8) is 0 Å². The van der Waals surface area contributed by atoms with Crippen molar-refractivity contribution in [2.75, 3.05) is 23.3 Å². The molecule has 0 aliphatic rings. The fourth-order valence-electron chi connectivity index (χ4n) is 3.06. The molecule has 0 saturated carbocycles. The standard InChI is InChI=1S/C22H28N8O2S/c1-13(27-14(2)12-33)4-3-9-24-20(31)15-5-7-16(8-6-15)25-10-17-11-26-19-18(28-17)21(32)30-22(23)29-19/h5-8,11,14,25,27,33H,1,3-4,9-10,12H2,2H3,(H,24,31)(H3,23,26,29,30,32). The van der Waals surface area contributed by atoms with Crippen LogP contribution in [0.5, 0.6) is 0 Å². The summed E-state index contributed by atoms with van der Waals surface area (Å²) < 4.78 is 0. The number of nitrogen functional groups attached to an aromatic ring is 1. The van der Waals surface area contributed by atoms with Crippen LogP contribution in [0.25, 0.3) is 11.2 Å². The van der Waals surface area contributed by atoms with Gasteiger partial charge in [0.2, 0.25) is 5.95 Å². The first-order chi connectivity index (χ1) is 15.9. The molecule has 0 spiro atoms. The van der Waals surface area contributed by atoms with E-state index in [1.165, 1.54) is 6.20 Å². The number of aromatic amines is 1. The summed E-state index contributed by atoms with van der Waals surface area (Å²) >= 11 is 4.24. The summed E-state index contributed by atoms with van der Waals surface area (Å²) in [4.78, 5) is 39.1. The lowest BCUT2D eigenvalue weighted by Crippen LogP contribution is -2.28. The zero-order chi connectivity index (χ0) is 23.8. The van der Waals surface area contributed by atoms with Gasteiger partial charge in [0.25, 0.3) is 11.5 Å². The van der Waals surface area contributed by atoms with Crippen LogP contribution in [-0.4, -0.2) is 44.2 Å². The zero-order valence-corrected chi connectivity index (χ0v) is 19.3. The molecule has 1 aromatic carbocycles. The van der Waals surface area contributed by atoms with Gasteiger partial charge in [-0.1, -0.05) is 6.58 Å². The SMILES string of the molecule is C=C(CCCNC(=O)c1ccc(NCc2cnc3nc(N)[nH]c(=O)c3n2)cc1)NC(C)CS. The predicted octanol–water partition coefficient (Wildman–Crippen LogP) is 1.84. The molecule has 3 rings (SSSR count). The Bertz CT molecular complexity index is 1180. The van der Waals surface area contributed by atoms with Crippen LogP contribution in [0.15, 0.2) is 47.5 Å². The number of thiol groups is 1. The minimum absolute atomic E-state index is 0.00172. The summed E-state index contributed by atoms with van der Waals surface area (Å²) in [5.74, 6) is 0.608. The van der Waals surface area contributed by atoms with Gasteiger partial charge in [0.05, 0.1) is 18.4 Å². The third kappa shape index (κ3) is 6.94. The lowest BCUT2D eigenvalue weighted by molar-refractivity contribution is 0.0953. The van der Waals surface area contributed by atoms with E-state index >= 15 is 0 Å². The number of H-pyrrole nitrogens is 1. The number of amides is 1. The van der Waals surface area contributed by atoms with E-state index in [0.29, 0.717) is 24.3 Å². The van der Waals surface area contributed by atoms with Crippen LogP contribution in [0.3, 0.4) is 0 Å². The van der Waals surface area contributed by atoms with Crippen LogP contribution in [-0.2, 0) is 6.54 Å². The van der Waals surface area contributed by atoms with Crippen molar-refractivity contribution in [1.29, 1.82) is 0 Å². The smallest absolute Gasteiger partial charge is 0.280 e. The molecule has 1 unspecified atom stereocenters. The molecule has 2 heterocycles. The Morgan fingerprint density at radius 1 is 1.27 bits per heavy atom. The van der Waals surface area contributed by atoms with Gasteiger partial charge in [-0.2, -0.15) is 17.6 Å². The molecular formula is C22H28N8O2S. The van der Waals surface area contributed by atoms with Crippen LogP contribution < -0.4 is 27.2 Å². The van der Waals surface area contributed by atoms with E-state index in [1.54, 1.807) is 12.1 Å². The lowest BCUT2D eigenvalue weighted by atomic mass is 10.2. The summed E-state index contributed by atoms with van der Waals surface area (Å²) in [5.41, 5.74) is 8.30. The van der Waals surface area contributed by atoms with Crippen molar-refractivity contribution in [3.05, 3.63) is 64.3 Å². The van der Waals surface area contributed by atoms with Crippen molar-refractivity contribution >= 4 is 41.3 Å². The van der Waals surface area contributed by atoms with E-state index in [2.05, 4.69) is 55.1 Å². The maximum atomic E-state index is 12.3. The number of hydrogen-bond acceptors (Lipinski definition) is 9. The molecule has 3 aromatic rings. The summed E-state index contributed by atoms with van der Waals surface area (Å²) in [6.07, 6.45) is 3.12. The highest BCUT2D eigenvalue weighted by molar-refractivity contribution is 7.80. The molecule has 11 heteroatoms. The first kappa shape index (κ1) is 24.1. The quantitative estimate of drug-likeness (QED) is 0.184. The third-order valence-corrected chi connectivity index (χ3v) is 5.32. The molecule has 0 fully saturated rings. The van der Waals surface area contributed by atoms with Gasteiger partial charge in [0, 0.05) is 35.3 Å². The number of anilines is 2. The highest BCUT2D eigenvalue weighted by atomic mass is 32.1. The molecule has 174 valence electrons. The van der Waals surface area contributed by atoms with Crippen molar-refractivity contribution in [3.8, 4) is 0 Å². The van der Waals surface area contributed by atoms with Crippen LogP contribution in [0.2, 0.25) is 0 Å². The van der Waals surface area contributed by atoms with E-state index in [-0.39, 0.29) is 29.1 Å². The minimum atomic E-state index is -0.435. The van der Waals surface area contributed by atoms with E-state index in [1.807, 2.05) is 19.1 Å². The Morgan fingerprint density at radius 3 is 2.76 bits per heavy atom. The fraction of sp³-hybridized carbons (Fsp3) is 0.318. The molecular weight excluding hydrogens is 440 g/mol. The van der Waals surface area contributed by atoms with Crippen molar-refractivity contribution in [2.24, 2.45) is 0 Å². The topological polar surface area (TPSA) is 151 Å². The third-order valence-electron chi connectivity index (χ3n) is 4.77. The van der Waals surface area contributed by atoms with Crippen molar-refractivity contribution in [1.82, 2.24) is 30.6 Å². The second-order valence-electron chi connectivity index (χ2n) is 7.61. The first-order valence-corrected chi connectivity index (χ1v) is 11.2. The van der Waals surface area contributed by atoms with Crippen molar-refractivity contribution in [2.45, 2.75) is 32.4 Å². The average molecular weight is 469 g/mol. The number of nitrogens with two attached hydrogens (primary N) is 1. The molecule has 6 N–H and O–H groups in total. The molecule has 0 bridgehead atoms. The number of allylic oxidation sites excluding steroid dienone is 1. The first-order valence-electron chi connectivity index (χ1n) is 10.5. The second kappa shape index (κ2) is 11.3. The summed E-state index contributed by atoms with van der Waals surface area (Å²) in [6, 6.07) is 7.38. The molecule has 1 amide bonds. The Balaban J connectivity index is 1.47. The van der Waals surface area contributed by atoms with Crippen LogP contribution >= 0.6 is 12.6 Å². The lowest BCUT2D eigenvalue weighted by Gasteiger charge is -2.15. The predicted molar refractivity (Wildman–Crippen MR) is 133 cm³/mol. The maximum absolute atomic E-state index is 12.3. The average Bonchev–Trinajstić information content (AvgIpc) is 2.80. The fourth-order valence-corrected chi connectivity index (χ4v) is 3.15. The molecule has 0 radical (unpaired) electrons. The van der Waals surface area contributed by atoms with E-state index < -0.39 is 5.56 Å². The Labute approximate surface area is 196 Å². The maximum Gasteiger partial charge on any atom is 0.280 e. The van der Waals surface area contributed by atoms with Gasteiger partial charge in [-0.25, -0.2) is 9.97 Å². The number of carbonyl (C=O) groups is 1. The normalized spacial score (nSPS) is 11.7. The number of aromatic nitrogens is 4. The van der Waals surface area contributed by atoms with Gasteiger partial charge in [0.1, 0.15) is 0 Å². The van der Waals surface area contributed by atoms with E-state index in [4.69, 9.17) is 5.73 Å². The van der Waals surface area contributed by atoms with Gasteiger partial charge >= 0.3 is 0 Å². The molecule has 0 aliphatic carbocycles. The van der Waals surface area contributed by atoms with Gasteiger partial charge in [-0.3, -0.25) is 14.6 Å². The monoisotopic (exact) mass is 468 g/mol. The molecule has 33 heavy (non-hydrogen) atoms. The van der Waals surface area contributed by atoms with Crippen molar-refractivity contribution < 1.29 is 4.79 Å². The van der Waals surface area contributed by atoms with Crippen LogP contribution in [0.4, 0.5) is 11.6 Å². The van der Waals surface area contributed by atoms with Crippen LogP contribution in [0.1, 0.15) is 35.8 Å². The second-order valence-corrected chi connectivity index (χ2v) is 7.97. The van der Waals surface area contributed by atoms with Gasteiger partial charge < -0.3 is 21.7 Å². The Kier molecular flexibility index (Phi) is 8.25. The minimum Gasteiger partial charge on any atom is -0.386 e. The van der Waals surface area contributed by atoms with Crippen LogP contribution in [0, 0.1) is 0 Å². The zero-order valence-electron chi connectivity index (χ0n) is 18.4. The van der Waals surface area contributed by atoms with Gasteiger partial charge in [0.15, 0.2) is 11.2 Å². The summed E-state index contributed by atoms with van der Waals surface area (Å²) in [6.45, 7) is 6.95. The highest BCUT2D eigenvalue weighted by Gasteiger charge is 2.08. The number of rotatable bonds is 11. The highest BCUT2D eigenvalue weighted by Crippen LogP contribution is 2.12. The number of nitrogens with one attached hydrogen (secondary N) is 4. The molecule has 1 atom stereocenters. The number of carbonyl (C=O) groups excluding carboxylic acids is 1. The van der Waals surface area contributed by atoms with E-state index in [0.717, 1.165) is 30.0 Å². The summed E-state index contributed by atoms with van der Waals surface area (Å²) in [5, 5.41) is 9.38.